The van der Waals surface area contributed by atoms with Crippen LogP contribution in [-0.2, 0) is 16.6 Å². The molecule has 0 aromatic carbocycles. The molecule has 12 heteroatoms. The fraction of sp³-hybridized carbons (Fsp3) is 0.300. The van der Waals surface area contributed by atoms with Gasteiger partial charge < -0.3 is 10.0 Å². The molecular weight excluding hydrogens is 528 g/mol. The first-order valence-electron chi connectivity index (χ1n) is 9.28. The predicted octanol–water partition coefficient (Wildman–Crippen LogP) is 5.42. The Bertz CT molecular complexity index is 1270. The SMILES string of the molecule is CC(C)(C)CN(Cc1cn(S(=O)(=O)c2cscc2Br)c(-c2cccnc2F)c1F)C(=O)O. The van der Waals surface area contributed by atoms with E-state index in [-0.39, 0.29) is 27.0 Å². The monoisotopic (exact) mass is 547 g/mol. The fourth-order valence-corrected chi connectivity index (χ4v) is 6.84. The second kappa shape index (κ2) is 8.91. The molecule has 3 heterocycles. The first-order chi connectivity index (χ1) is 14.8. The van der Waals surface area contributed by atoms with Crippen LogP contribution in [0.25, 0.3) is 11.3 Å². The van der Waals surface area contributed by atoms with E-state index >= 15 is 4.39 Å². The molecule has 0 aliphatic heterocycles. The van der Waals surface area contributed by atoms with Gasteiger partial charge in [0.2, 0.25) is 5.95 Å². The number of nitrogens with zero attached hydrogens (tertiary/aromatic N) is 3. The number of pyridine rings is 1. The molecule has 0 unspecified atom stereocenters. The summed E-state index contributed by atoms with van der Waals surface area (Å²) in [4.78, 5) is 16.1. The van der Waals surface area contributed by atoms with Crippen molar-refractivity contribution in [3.63, 3.8) is 0 Å². The van der Waals surface area contributed by atoms with Gasteiger partial charge in [-0.15, -0.1) is 11.3 Å². The summed E-state index contributed by atoms with van der Waals surface area (Å²) in [6.45, 7) is 5.12. The summed E-state index contributed by atoms with van der Waals surface area (Å²) in [5.41, 5.74) is -1.54. The highest BCUT2D eigenvalue weighted by Crippen LogP contribution is 2.35. The lowest BCUT2D eigenvalue weighted by molar-refractivity contribution is 0.122. The van der Waals surface area contributed by atoms with Crippen molar-refractivity contribution < 1.29 is 27.1 Å². The molecule has 0 saturated heterocycles. The maximum atomic E-state index is 15.6. The quantitative estimate of drug-likeness (QED) is 0.416. The Hall–Kier alpha value is -2.31. The van der Waals surface area contributed by atoms with E-state index in [1.165, 1.54) is 17.5 Å². The number of aromatic nitrogens is 2. The normalized spacial score (nSPS) is 12.2. The molecule has 0 bridgehead atoms. The van der Waals surface area contributed by atoms with Crippen molar-refractivity contribution in [3.05, 3.63) is 57.1 Å². The number of rotatable bonds is 6. The van der Waals surface area contributed by atoms with Gasteiger partial charge >= 0.3 is 6.09 Å². The number of carbonyl (C=O) groups is 1. The minimum Gasteiger partial charge on any atom is -0.465 e. The molecule has 0 spiro atoms. The molecule has 0 fully saturated rings. The van der Waals surface area contributed by atoms with Crippen molar-refractivity contribution in [2.24, 2.45) is 5.41 Å². The van der Waals surface area contributed by atoms with Crippen LogP contribution in [0, 0.1) is 17.2 Å². The zero-order valence-electron chi connectivity index (χ0n) is 17.3. The molecule has 7 nitrogen and oxygen atoms in total. The standard InChI is InChI=1S/C20H20BrF2N3O4S2/c1-20(2,3)11-25(19(27)28)7-12-8-26(32(29,30)15-10-31-9-14(15)21)17(16(12)22)13-5-4-6-24-18(13)23/h4-6,8-10H,7,11H2,1-3H3,(H,27,28). The van der Waals surface area contributed by atoms with Gasteiger partial charge in [0.15, 0.2) is 5.82 Å². The number of thiophene rings is 1. The van der Waals surface area contributed by atoms with Gasteiger partial charge in [0.05, 0.1) is 12.1 Å². The van der Waals surface area contributed by atoms with Gasteiger partial charge in [-0.2, -0.15) is 4.39 Å². The van der Waals surface area contributed by atoms with Crippen LogP contribution in [0.1, 0.15) is 26.3 Å². The van der Waals surface area contributed by atoms with Crippen molar-refractivity contribution in [2.45, 2.75) is 32.2 Å². The van der Waals surface area contributed by atoms with Crippen molar-refractivity contribution in [3.8, 4) is 11.3 Å². The molecule has 0 radical (unpaired) electrons. The van der Waals surface area contributed by atoms with E-state index in [1.807, 2.05) is 20.8 Å². The van der Waals surface area contributed by atoms with E-state index in [1.54, 1.807) is 5.38 Å². The van der Waals surface area contributed by atoms with E-state index in [4.69, 9.17) is 0 Å². The number of carboxylic acid groups (broad SMARTS) is 1. The molecule has 172 valence electrons. The van der Waals surface area contributed by atoms with Gasteiger partial charge in [-0.1, -0.05) is 20.8 Å². The zero-order valence-corrected chi connectivity index (χ0v) is 20.6. The van der Waals surface area contributed by atoms with E-state index in [0.717, 1.165) is 28.6 Å². The molecule has 3 rings (SSSR count). The Morgan fingerprint density at radius 1 is 1.31 bits per heavy atom. The third-order valence-corrected chi connectivity index (χ3v) is 8.23. The largest absolute Gasteiger partial charge is 0.465 e. The lowest BCUT2D eigenvalue weighted by Gasteiger charge is -2.27. The minimum absolute atomic E-state index is 0.0758. The second-order valence-corrected chi connectivity index (χ2v) is 11.6. The molecule has 32 heavy (non-hydrogen) atoms. The van der Waals surface area contributed by atoms with Crippen molar-refractivity contribution >= 4 is 43.4 Å². The van der Waals surface area contributed by atoms with Crippen LogP contribution < -0.4 is 0 Å². The lowest BCUT2D eigenvalue weighted by atomic mass is 9.96. The predicted molar refractivity (Wildman–Crippen MR) is 120 cm³/mol. The summed E-state index contributed by atoms with van der Waals surface area (Å²) in [7, 11) is -4.33. The van der Waals surface area contributed by atoms with E-state index in [0.29, 0.717) is 3.97 Å². The van der Waals surface area contributed by atoms with Gasteiger partial charge in [0.1, 0.15) is 10.6 Å². The van der Waals surface area contributed by atoms with Gasteiger partial charge in [-0.25, -0.2) is 26.6 Å². The van der Waals surface area contributed by atoms with Gasteiger partial charge in [-0.05, 0) is 33.5 Å². The Morgan fingerprint density at radius 2 is 2.00 bits per heavy atom. The Labute approximate surface area is 196 Å². The van der Waals surface area contributed by atoms with Crippen LogP contribution in [0.2, 0.25) is 0 Å². The molecule has 0 aliphatic carbocycles. The van der Waals surface area contributed by atoms with E-state index in [9.17, 15) is 22.7 Å². The average Bonchev–Trinajstić information content (AvgIpc) is 3.25. The highest BCUT2D eigenvalue weighted by atomic mass is 79.9. The van der Waals surface area contributed by atoms with Gasteiger partial charge in [0, 0.05) is 39.7 Å². The Balaban J connectivity index is 2.22. The van der Waals surface area contributed by atoms with Crippen LogP contribution in [-0.4, -0.2) is 40.0 Å². The summed E-state index contributed by atoms with van der Waals surface area (Å²) in [6.07, 6.45) is 0.865. The fourth-order valence-electron chi connectivity index (χ4n) is 3.14. The topological polar surface area (TPSA) is 92.5 Å². The minimum atomic E-state index is -4.33. The molecule has 0 aliphatic rings. The van der Waals surface area contributed by atoms with Crippen molar-refractivity contribution in [1.29, 1.82) is 0 Å². The van der Waals surface area contributed by atoms with Gasteiger partial charge in [0.25, 0.3) is 10.0 Å². The highest BCUT2D eigenvalue weighted by molar-refractivity contribution is 9.10. The molecule has 3 aromatic heterocycles. The Morgan fingerprint density at radius 3 is 2.53 bits per heavy atom. The third-order valence-electron chi connectivity index (χ3n) is 4.41. The van der Waals surface area contributed by atoms with Crippen LogP contribution in [0.15, 0.2) is 44.7 Å². The molecule has 0 atom stereocenters. The summed E-state index contributed by atoms with van der Waals surface area (Å²) < 4.78 is 57.6. The van der Waals surface area contributed by atoms with E-state index in [2.05, 4.69) is 20.9 Å². The summed E-state index contributed by atoms with van der Waals surface area (Å²) in [5.74, 6) is -2.09. The summed E-state index contributed by atoms with van der Waals surface area (Å²) >= 11 is 4.28. The molecule has 3 aromatic rings. The van der Waals surface area contributed by atoms with Crippen LogP contribution in [0.3, 0.4) is 0 Å². The number of halogens is 3. The van der Waals surface area contributed by atoms with Gasteiger partial charge in [-0.3, -0.25) is 0 Å². The average molecular weight is 548 g/mol. The number of amides is 1. The molecular formula is C20H20BrF2N3O4S2. The van der Waals surface area contributed by atoms with E-state index < -0.39 is 45.5 Å². The highest BCUT2D eigenvalue weighted by Gasteiger charge is 2.31. The zero-order chi connectivity index (χ0) is 23.8. The smallest absolute Gasteiger partial charge is 0.407 e. The summed E-state index contributed by atoms with van der Waals surface area (Å²) in [6, 6.07) is 2.56. The Kier molecular flexibility index (Phi) is 6.78. The van der Waals surface area contributed by atoms with Crippen molar-refractivity contribution in [1.82, 2.24) is 13.9 Å². The maximum absolute atomic E-state index is 15.6. The maximum Gasteiger partial charge on any atom is 0.407 e. The molecule has 0 saturated carbocycles. The number of hydrogen-bond donors (Lipinski definition) is 1. The van der Waals surface area contributed by atoms with Crippen LogP contribution >= 0.6 is 27.3 Å². The molecule has 1 amide bonds. The second-order valence-electron chi connectivity index (χ2n) is 8.24. The third kappa shape index (κ3) is 4.86. The molecule has 1 N–H and O–H groups in total. The van der Waals surface area contributed by atoms with Crippen molar-refractivity contribution in [2.75, 3.05) is 6.54 Å². The van der Waals surface area contributed by atoms with Crippen LogP contribution in [0.4, 0.5) is 13.6 Å². The lowest BCUT2D eigenvalue weighted by Crippen LogP contribution is -2.36. The first kappa shape index (κ1) is 24.3. The summed E-state index contributed by atoms with van der Waals surface area (Å²) in [5, 5.41) is 12.5. The number of hydrogen-bond acceptors (Lipinski definition) is 5. The van der Waals surface area contributed by atoms with Crippen LogP contribution in [0.5, 0.6) is 0 Å². The first-order valence-corrected chi connectivity index (χ1v) is 12.5.